The number of hydrogen-bond donors (Lipinski definition) is 1. The first-order valence-electron chi connectivity index (χ1n) is 8.71. The molecule has 0 saturated carbocycles. The number of rotatable bonds is 8. The fourth-order valence-electron chi connectivity index (χ4n) is 3.06. The first kappa shape index (κ1) is 17.2. The van der Waals surface area contributed by atoms with Gasteiger partial charge in [0.1, 0.15) is 5.82 Å². The van der Waals surface area contributed by atoms with Gasteiger partial charge < -0.3 is 10.1 Å². The predicted octanol–water partition coefficient (Wildman–Crippen LogP) is 3.54. The van der Waals surface area contributed by atoms with E-state index in [1.54, 1.807) is 0 Å². The molecular weight excluding hydrogens is 274 g/mol. The molecule has 0 amide bonds. The van der Waals surface area contributed by atoms with Crippen LogP contribution in [0.5, 0.6) is 0 Å². The Morgan fingerprint density at radius 1 is 1.14 bits per heavy atom. The summed E-state index contributed by atoms with van der Waals surface area (Å²) in [5, 5.41) is 3.56. The van der Waals surface area contributed by atoms with E-state index in [0.717, 1.165) is 50.9 Å². The predicted molar refractivity (Wildman–Crippen MR) is 92.1 cm³/mol. The molecule has 4 nitrogen and oxygen atoms in total. The highest BCUT2D eigenvalue weighted by Gasteiger charge is 2.23. The molecule has 0 spiro atoms. The Morgan fingerprint density at radius 3 is 2.45 bits per heavy atom. The number of morpholine rings is 1. The third kappa shape index (κ3) is 4.68. The molecule has 4 heteroatoms. The molecule has 0 bridgehead atoms. The average molecular weight is 305 g/mol. The van der Waals surface area contributed by atoms with Crippen molar-refractivity contribution in [2.45, 2.75) is 46.6 Å². The van der Waals surface area contributed by atoms with E-state index in [0.29, 0.717) is 5.41 Å². The van der Waals surface area contributed by atoms with Gasteiger partial charge in [-0.2, -0.15) is 0 Å². The molecule has 1 N–H and O–H groups in total. The molecule has 1 saturated heterocycles. The monoisotopic (exact) mass is 305 g/mol. The van der Waals surface area contributed by atoms with Crippen LogP contribution in [0.3, 0.4) is 0 Å². The van der Waals surface area contributed by atoms with Gasteiger partial charge in [-0.25, -0.2) is 4.98 Å². The number of anilines is 1. The molecule has 2 heterocycles. The van der Waals surface area contributed by atoms with Crippen molar-refractivity contribution in [3.8, 4) is 0 Å². The number of pyridine rings is 1. The van der Waals surface area contributed by atoms with E-state index >= 15 is 0 Å². The van der Waals surface area contributed by atoms with Crippen LogP contribution in [0.25, 0.3) is 0 Å². The largest absolute Gasteiger partial charge is 0.379 e. The van der Waals surface area contributed by atoms with Crippen LogP contribution in [0.1, 0.15) is 45.7 Å². The molecule has 1 aromatic heterocycles. The van der Waals surface area contributed by atoms with Gasteiger partial charge in [-0.1, -0.05) is 26.8 Å². The van der Waals surface area contributed by atoms with Crippen molar-refractivity contribution < 1.29 is 4.74 Å². The minimum atomic E-state index is 0.391. The standard InChI is InChI=1S/C18H31N3O/c1-4-18(5-2,6-3)15-19-17-9-7-8-16(20-17)14-21-10-12-22-13-11-21/h7-9H,4-6,10-15H2,1-3H3,(H,19,20). The molecule has 2 rings (SSSR count). The number of nitrogens with one attached hydrogen (secondary N) is 1. The van der Waals surface area contributed by atoms with E-state index in [2.05, 4.69) is 49.2 Å². The highest BCUT2D eigenvalue weighted by atomic mass is 16.5. The zero-order valence-corrected chi connectivity index (χ0v) is 14.4. The molecule has 0 radical (unpaired) electrons. The Hall–Kier alpha value is -1.13. The second-order valence-corrected chi connectivity index (χ2v) is 6.32. The van der Waals surface area contributed by atoms with Gasteiger partial charge in [-0.05, 0) is 36.8 Å². The highest BCUT2D eigenvalue weighted by molar-refractivity contribution is 5.35. The summed E-state index contributed by atoms with van der Waals surface area (Å²) in [5.74, 6) is 1.01. The van der Waals surface area contributed by atoms with Gasteiger partial charge in [0.15, 0.2) is 0 Å². The van der Waals surface area contributed by atoms with Crippen molar-refractivity contribution in [3.63, 3.8) is 0 Å². The van der Waals surface area contributed by atoms with E-state index in [1.807, 2.05) is 0 Å². The van der Waals surface area contributed by atoms with Crippen molar-refractivity contribution >= 4 is 5.82 Å². The first-order chi connectivity index (χ1) is 10.7. The second kappa shape index (κ2) is 8.49. The van der Waals surface area contributed by atoms with Crippen LogP contribution in [0, 0.1) is 5.41 Å². The summed E-state index contributed by atoms with van der Waals surface area (Å²) >= 11 is 0. The zero-order valence-electron chi connectivity index (χ0n) is 14.4. The summed E-state index contributed by atoms with van der Waals surface area (Å²) in [6, 6.07) is 6.30. The van der Waals surface area contributed by atoms with Crippen molar-refractivity contribution in [2.75, 3.05) is 38.2 Å². The molecule has 0 aliphatic carbocycles. The topological polar surface area (TPSA) is 37.4 Å². The second-order valence-electron chi connectivity index (χ2n) is 6.32. The maximum absolute atomic E-state index is 5.40. The number of hydrogen-bond acceptors (Lipinski definition) is 4. The molecule has 124 valence electrons. The van der Waals surface area contributed by atoms with Gasteiger partial charge in [-0.15, -0.1) is 0 Å². The molecular formula is C18H31N3O. The molecule has 0 unspecified atom stereocenters. The first-order valence-corrected chi connectivity index (χ1v) is 8.71. The quantitative estimate of drug-likeness (QED) is 0.797. The smallest absolute Gasteiger partial charge is 0.126 e. The Labute approximate surface area is 135 Å². The van der Waals surface area contributed by atoms with Crippen molar-refractivity contribution in [1.29, 1.82) is 0 Å². The summed E-state index contributed by atoms with van der Waals surface area (Å²) in [7, 11) is 0. The fourth-order valence-corrected chi connectivity index (χ4v) is 3.06. The molecule has 1 aromatic rings. The maximum Gasteiger partial charge on any atom is 0.126 e. The Morgan fingerprint density at radius 2 is 1.82 bits per heavy atom. The Balaban J connectivity index is 1.93. The molecule has 1 aliphatic rings. The molecule has 1 aliphatic heterocycles. The summed E-state index contributed by atoms with van der Waals surface area (Å²) in [6.07, 6.45) is 3.63. The minimum Gasteiger partial charge on any atom is -0.379 e. The van der Waals surface area contributed by atoms with Crippen LogP contribution in [-0.4, -0.2) is 42.7 Å². The average Bonchev–Trinajstić information content (AvgIpc) is 2.58. The third-order valence-corrected chi connectivity index (χ3v) is 5.19. The van der Waals surface area contributed by atoms with Crippen molar-refractivity contribution in [3.05, 3.63) is 23.9 Å². The fraction of sp³-hybridized carbons (Fsp3) is 0.722. The van der Waals surface area contributed by atoms with Gasteiger partial charge in [0.2, 0.25) is 0 Å². The minimum absolute atomic E-state index is 0.391. The summed E-state index contributed by atoms with van der Waals surface area (Å²) < 4.78 is 5.40. The van der Waals surface area contributed by atoms with E-state index in [1.165, 1.54) is 19.3 Å². The number of aromatic nitrogens is 1. The van der Waals surface area contributed by atoms with Crippen molar-refractivity contribution in [2.24, 2.45) is 5.41 Å². The van der Waals surface area contributed by atoms with Crippen LogP contribution in [0.4, 0.5) is 5.82 Å². The number of nitrogens with zero attached hydrogens (tertiary/aromatic N) is 2. The van der Waals surface area contributed by atoms with Crippen LogP contribution >= 0.6 is 0 Å². The SMILES string of the molecule is CCC(CC)(CC)CNc1cccc(CN2CCOCC2)n1. The third-order valence-electron chi connectivity index (χ3n) is 5.19. The molecule has 1 fully saturated rings. The summed E-state index contributed by atoms with van der Waals surface area (Å²) in [4.78, 5) is 7.19. The van der Waals surface area contributed by atoms with E-state index in [9.17, 15) is 0 Å². The van der Waals surface area contributed by atoms with Crippen molar-refractivity contribution in [1.82, 2.24) is 9.88 Å². The lowest BCUT2D eigenvalue weighted by Crippen LogP contribution is -2.35. The molecule has 22 heavy (non-hydrogen) atoms. The number of ether oxygens (including phenoxy) is 1. The zero-order chi connectivity index (χ0) is 15.8. The molecule has 0 aromatic carbocycles. The van der Waals surface area contributed by atoms with Gasteiger partial charge >= 0.3 is 0 Å². The Bertz CT molecular complexity index is 431. The van der Waals surface area contributed by atoms with E-state index in [4.69, 9.17) is 9.72 Å². The lowest BCUT2D eigenvalue weighted by molar-refractivity contribution is 0.0337. The van der Waals surface area contributed by atoms with Gasteiger partial charge in [0.05, 0.1) is 18.9 Å². The van der Waals surface area contributed by atoms with E-state index in [-0.39, 0.29) is 0 Å². The normalized spacial score (nSPS) is 16.7. The highest BCUT2D eigenvalue weighted by Crippen LogP contribution is 2.30. The Kier molecular flexibility index (Phi) is 6.65. The van der Waals surface area contributed by atoms with E-state index < -0.39 is 0 Å². The lowest BCUT2D eigenvalue weighted by Gasteiger charge is -2.31. The summed E-state index contributed by atoms with van der Waals surface area (Å²) in [6.45, 7) is 12.5. The maximum atomic E-state index is 5.40. The van der Waals surface area contributed by atoms with Gasteiger partial charge in [0, 0.05) is 26.2 Å². The van der Waals surface area contributed by atoms with Crippen LogP contribution in [-0.2, 0) is 11.3 Å². The van der Waals surface area contributed by atoms with Crippen LogP contribution in [0.2, 0.25) is 0 Å². The lowest BCUT2D eigenvalue weighted by atomic mass is 9.80. The van der Waals surface area contributed by atoms with Crippen LogP contribution < -0.4 is 5.32 Å². The van der Waals surface area contributed by atoms with Gasteiger partial charge in [-0.3, -0.25) is 4.90 Å². The summed E-state index contributed by atoms with van der Waals surface area (Å²) in [5.41, 5.74) is 1.53. The van der Waals surface area contributed by atoms with Crippen LogP contribution in [0.15, 0.2) is 18.2 Å². The van der Waals surface area contributed by atoms with Gasteiger partial charge in [0.25, 0.3) is 0 Å². The molecule has 0 atom stereocenters.